The number of amides is 3. The third-order valence-electron chi connectivity index (χ3n) is 16.1. The molecule has 11 atom stereocenters. The van der Waals surface area contributed by atoms with Crippen LogP contribution in [0, 0.1) is 34.5 Å². The number of ketones is 1. The highest BCUT2D eigenvalue weighted by Gasteiger charge is 2.62. The molecule has 2 heterocycles. The number of hydrogen-bond acceptors (Lipinski definition) is 12. The van der Waals surface area contributed by atoms with Gasteiger partial charge in [0, 0.05) is 61.3 Å². The largest absolute Gasteiger partial charge is 0.495 e. The van der Waals surface area contributed by atoms with Crippen LogP contribution in [0.4, 0.5) is 10.5 Å². The van der Waals surface area contributed by atoms with Crippen LogP contribution in [-0.4, -0.2) is 109 Å². The number of alkyl carbamates (subject to hydrolysis) is 1. The minimum absolute atomic E-state index is 0.0184. The van der Waals surface area contributed by atoms with Crippen molar-refractivity contribution in [2.45, 2.75) is 193 Å². The summed E-state index contributed by atoms with van der Waals surface area (Å²) in [5, 5.41) is 15.3. The molecule has 0 spiro atoms. The van der Waals surface area contributed by atoms with E-state index in [1.165, 1.54) is 43.3 Å². The summed E-state index contributed by atoms with van der Waals surface area (Å²) in [6, 6.07) is 2.67. The van der Waals surface area contributed by atoms with E-state index < -0.39 is 53.0 Å². The van der Waals surface area contributed by atoms with Crippen LogP contribution in [0.1, 0.15) is 151 Å². The Hall–Kier alpha value is -3.24. The zero-order valence-electron chi connectivity index (χ0n) is 44.8. The molecule has 3 fully saturated rings. The number of hydrogen-bond donors (Lipinski definition) is 2. The summed E-state index contributed by atoms with van der Waals surface area (Å²) in [6.07, 6.45) is 13.0. The number of halogens is 1. The van der Waals surface area contributed by atoms with E-state index in [9.17, 15) is 29.1 Å². The summed E-state index contributed by atoms with van der Waals surface area (Å²) >= 11 is 6.89. The van der Waals surface area contributed by atoms with Crippen LogP contribution in [0.15, 0.2) is 35.9 Å². The first-order valence-corrected chi connectivity index (χ1v) is 28.5. The van der Waals surface area contributed by atoms with Gasteiger partial charge in [-0.05, 0) is 87.8 Å². The summed E-state index contributed by atoms with van der Waals surface area (Å²) in [7, 11) is 9.87. The molecule has 0 aromatic heterocycles. The molecule has 71 heavy (non-hydrogen) atoms. The number of methoxy groups -OCH3 is 2. The third kappa shape index (κ3) is 15.0. The second-order valence-electron chi connectivity index (χ2n) is 22.2. The SMILES string of the molecule is COc1cc2cc(c1Cl)N(C)C(=O)C[C@H](OC(=O)[C@H](C)N(C)C(=O)C(C)(C)CC(C)C(C)SSC(C)CCC(=O)C1CCCCCCC1)[C@@]1(C)C[C@H]1[C@H](C)[C@@H]1C[C@@](O)(NC(=O)O1)[C@H](OC)/C=C/C=C(\C)C2. The molecule has 3 unspecified atom stereocenters. The second kappa shape index (κ2) is 25.3. The van der Waals surface area contributed by atoms with Crippen LogP contribution < -0.4 is 15.0 Å². The average Bonchev–Trinajstić information content (AvgIpc) is 4.01. The number of likely N-dealkylation sites (N-methyl/N-ethyl adjacent to an activating group) is 1. The predicted molar refractivity (Wildman–Crippen MR) is 286 cm³/mol. The number of allylic oxidation sites excluding steroid dienone is 3. The molecule has 2 aliphatic heterocycles. The van der Waals surface area contributed by atoms with E-state index >= 15 is 0 Å². The number of nitrogens with one attached hydrogen (secondary N) is 1. The fraction of sp³-hybridized carbons (Fsp3) is 0.727. The standard InChI is InChI=1S/C55H84ClN3O10S2/c1-33-20-19-23-46(67-13)55(65)32-45(68-52(64)57-55)36(4)41-31-54(41,9)47(29-48(61)59(11)42-27-39(26-33)28-44(66-12)49(42)56)69-50(62)37(5)58(10)51(63)53(7,8)30-34(2)38(6)71-70-35(3)24-25-43(60)40-21-17-15-14-16-18-22-40/h19-20,23,27-28,34-38,40-41,45-47,65H,14-18,21-22,24-26,29-32H2,1-13H3,(H,57,64)/b23-19+,33-20+/t34?,35?,36-,37-,38?,41-,45-,46+,47-,54-,55-/m0/s1. The Kier molecular flexibility index (Phi) is 20.9. The molecule has 2 N–H and O–H groups in total. The highest BCUT2D eigenvalue weighted by atomic mass is 35.5. The average molecular weight is 1050 g/mol. The lowest BCUT2D eigenvalue weighted by atomic mass is 9.81. The van der Waals surface area contributed by atoms with E-state index in [0.717, 1.165) is 43.2 Å². The lowest BCUT2D eigenvalue weighted by molar-refractivity contribution is -0.165. The van der Waals surface area contributed by atoms with Crippen molar-refractivity contribution < 1.29 is 48.0 Å². The number of fused-ring (bicyclic) bond motifs is 5. The highest BCUT2D eigenvalue weighted by molar-refractivity contribution is 8.77. The molecule has 5 rings (SSSR count). The van der Waals surface area contributed by atoms with Crippen LogP contribution in [0.25, 0.3) is 0 Å². The van der Waals surface area contributed by atoms with Crippen molar-refractivity contribution in [3.8, 4) is 5.75 Å². The van der Waals surface area contributed by atoms with Gasteiger partial charge in [-0.2, -0.15) is 0 Å². The Bertz CT molecular complexity index is 2110. The molecule has 0 radical (unpaired) electrons. The summed E-state index contributed by atoms with van der Waals surface area (Å²) in [5.74, 6) is -0.502. The molecule has 3 amide bonds. The first-order valence-electron chi connectivity index (χ1n) is 25.9. The Morgan fingerprint density at radius 2 is 1.70 bits per heavy atom. The number of nitrogens with zero attached hydrogens (tertiary/aromatic N) is 2. The van der Waals surface area contributed by atoms with Gasteiger partial charge in [-0.3, -0.25) is 19.7 Å². The normalized spacial score (nSPS) is 29.8. The van der Waals surface area contributed by atoms with Gasteiger partial charge in [0.15, 0.2) is 5.72 Å². The van der Waals surface area contributed by atoms with Crippen LogP contribution in [0.5, 0.6) is 5.75 Å². The number of carbonyl (C=O) groups excluding carboxylic acids is 5. The number of benzene rings is 1. The maximum atomic E-state index is 14.5. The van der Waals surface area contributed by atoms with Gasteiger partial charge in [0.25, 0.3) is 0 Å². The van der Waals surface area contributed by atoms with E-state index in [0.29, 0.717) is 48.2 Å². The van der Waals surface area contributed by atoms with Crippen molar-refractivity contribution in [3.05, 3.63) is 46.5 Å². The minimum Gasteiger partial charge on any atom is -0.495 e. The molecule has 13 nitrogen and oxygen atoms in total. The summed E-state index contributed by atoms with van der Waals surface area (Å²) < 4.78 is 23.6. The lowest BCUT2D eigenvalue weighted by Crippen LogP contribution is -2.63. The van der Waals surface area contributed by atoms with Crippen molar-refractivity contribution in [2.75, 3.05) is 33.2 Å². The fourth-order valence-corrected chi connectivity index (χ4v) is 14.1. The van der Waals surface area contributed by atoms with Crippen molar-refractivity contribution in [2.24, 2.45) is 34.5 Å². The molecular formula is C55H84ClN3O10S2. The van der Waals surface area contributed by atoms with Gasteiger partial charge in [-0.25, -0.2) is 9.59 Å². The monoisotopic (exact) mass is 1050 g/mol. The molecule has 2 saturated carbocycles. The molecule has 4 bridgehead atoms. The van der Waals surface area contributed by atoms with Gasteiger partial charge in [0.2, 0.25) is 11.8 Å². The van der Waals surface area contributed by atoms with Gasteiger partial charge in [-0.1, -0.05) is 138 Å². The number of Topliss-reactive ketones (excluding diaryl/α,β-unsaturated/α-hetero) is 1. The quantitative estimate of drug-likeness (QED) is 0.119. The fourth-order valence-electron chi connectivity index (χ4n) is 10.9. The smallest absolute Gasteiger partial charge is 0.409 e. The van der Waals surface area contributed by atoms with Gasteiger partial charge in [-0.15, -0.1) is 0 Å². The van der Waals surface area contributed by atoms with E-state index in [4.69, 9.17) is 30.5 Å². The van der Waals surface area contributed by atoms with E-state index in [1.807, 2.05) is 74.4 Å². The Balaban J connectivity index is 1.31. The molecule has 16 heteroatoms. The molecule has 2 aliphatic carbocycles. The second-order valence-corrected chi connectivity index (χ2v) is 25.7. The maximum absolute atomic E-state index is 14.5. The van der Waals surface area contributed by atoms with E-state index in [1.54, 1.807) is 33.2 Å². The summed E-state index contributed by atoms with van der Waals surface area (Å²) in [4.78, 5) is 72.4. The van der Waals surface area contributed by atoms with Crippen molar-refractivity contribution in [1.82, 2.24) is 10.2 Å². The molecule has 1 aromatic rings. The molecule has 1 aromatic carbocycles. The van der Waals surface area contributed by atoms with Gasteiger partial charge in [0.05, 0.1) is 19.2 Å². The van der Waals surface area contributed by atoms with Gasteiger partial charge < -0.3 is 33.9 Å². The lowest BCUT2D eigenvalue weighted by Gasteiger charge is -2.42. The molecule has 1 saturated heterocycles. The Morgan fingerprint density at radius 3 is 2.35 bits per heavy atom. The molecule has 4 aliphatic rings. The Morgan fingerprint density at radius 1 is 1.04 bits per heavy atom. The number of esters is 1. The molecule has 398 valence electrons. The number of ether oxygens (including phenoxy) is 4. The van der Waals surface area contributed by atoms with E-state index in [2.05, 4.69) is 26.1 Å². The Labute approximate surface area is 437 Å². The maximum Gasteiger partial charge on any atom is 0.409 e. The van der Waals surface area contributed by atoms with Crippen molar-refractivity contribution in [1.29, 1.82) is 0 Å². The summed E-state index contributed by atoms with van der Waals surface area (Å²) in [5.41, 5.74) is -1.16. The number of aliphatic hydroxyl groups is 1. The predicted octanol–water partition coefficient (Wildman–Crippen LogP) is 11.3. The number of anilines is 1. The van der Waals surface area contributed by atoms with Crippen LogP contribution in [0.2, 0.25) is 5.02 Å². The minimum atomic E-state index is -1.79. The van der Waals surface area contributed by atoms with Crippen LogP contribution in [-0.2, 0) is 39.8 Å². The van der Waals surface area contributed by atoms with E-state index in [-0.39, 0.29) is 58.6 Å². The number of carbonyl (C=O) groups is 5. The highest BCUT2D eigenvalue weighted by Crippen LogP contribution is 2.61. The first kappa shape index (κ1) is 58.6. The number of rotatable bonds is 16. The zero-order chi connectivity index (χ0) is 52.6. The van der Waals surface area contributed by atoms with Crippen LogP contribution >= 0.6 is 33.2 Å². The van der Waals surface area contributed by atoms with Crippen LogP contribution in [0.3, 0.4) is 0 Å². The van der Waals surface area contributed by atoms with Crippen molar-refractivity contribution in [3.63, 3.8) is 0 Å². The van der Waals surface area contributed by atoms with Crippen molar-refractivity contribution >= 4 is 68.5 Å². The first-order chi connectivity index (χ1) is 33.3. The molecular weight excluding hydrogens is 962 g/mol. The van der Waals surface area contributed by atoms with Gasteiger partial charge in [0.1, 0.15) is 40.9 Å². The van der Waals surface area contributed by atoms with Gasteiger partial charge >= 0.3 is 12.1 Å². The topological polar surface area (TPSA) is 161 Å². The zero-order valence-corrected chi connectivity index (χ0v) is 47.2. The third-order valence-corrected chi connectivity index (χ3v) is 20.2. The summed E-state index contributed by atoms with van der Waals surface area (Å²) in [6.45, 7) is 17.9.